The highest BCUT2D eigenvalue weighted by Crippen LogP contribution is 2.34. The summed E-state index contributed by atoms with van der Waals surface area (Å²) in [5.41, 5.74) is 1.64. The molecular formula is C24H27N3O2S2. The van der Waals surface area contributed by atoms with E-state index in [0.717, 1.165) is 24.1 Å². The summed E-state index contributed by atoms with van der Waals surface area (Å²) in [6, 6.07) is 16.8. The third kappa shape index (κ3) is 5.28. The Hall–Kier alpha value is -2.38. The first-order chi connectivity index (χ1) is 15.2. The lowest BCUT2D eigenvalue weighted by Crippen LogP contribution is -2.50. The van der Waals surface area contributed by atoms with Crippen molar-refractivity contribution < 1.29 is 9.59 Å². The van der Waals surface area contributed by atoms with Gasteiger partial charge in [0.1, 0.15) is 6.04 Å². The molecule has 31 heavy (non-hydrogen) atoms. The Morgan fingerprint density at radius 2 is 1.84 bits per heavy atom. The molecule has 0 saturated carbocycles. The molecule has 2 aromatic carbocycles. The zero-order valence-electron chi connectivity index (χ0n) is 17.6. The molecule has 0 spiro atoms. The molecule has 1 unspecified atom stereocenters. The fraction of sp³-hybridized carbons (Fsp3) is 0.375. The van der Waals surface area contributed by atoms with E-state index < -0.39 is 6.04 Å². The van der Waals surface area contributed by atoms with Crippen LogP contribution in [0.5, 0.6) is 0 Å². The number of piperidine rings is 1. The van der Waals surface area contributed by atoms with Gasteiger partial charge in [-0.15, -0.1) is 11.3 Å². The minimum atomic E-state index is -0.487. The van der Waals surface area contributed by atoms with Gasteiger partial charge in [-0.2, -0.15) is 11.8 Å². The molecule has 1 aromatic heterocycles. The summed E-state index contributed by atoms with van der Waals surface area (Å²) in [4.78, 5) is 32.6. The van der Waals surface area contributed by atoms with Crippen LogP contribution < -0.4 is 5.32 Å². The van der Waals surface area contributed by atoms with E-state index in [-0.39, 0.29) is 11.8 Å². The molecule has 162 valence electrons. The van der Waals surface area contributed by atoms with E-state index >= 15 is 0 Å². The third-order valence-electron chi connectivity index (χ3n) is 5.72. The molecule has 1 saturated heterocycles. The Kier molecular flexibility index (Phi) is 7.25. The number of hydrogen-bond acceptors (Lipinski definition) is 5. The van der Waals surface area contributed by atoms with Crippen molar-refractivity contribution in [2.75, 3.05) is 25.1 Å². The van der Waals surface area contributed by atoms with Gasteiger partial charge in [0.2, 0.25) is 5.91 Å². The van der Waals surface area contributed by atoms with Crippen molar-refractivity contribution in [2.45, 2.75) is 31.2 Å². The molecule has 0 bridgehead atoms. The number of para-hydroxylation sites is 1. The van der Waals surface area contributed by atoms with Crippen molar-refractivity contribution in [2.24, 2.45) is 0 Å². The minimum absolute atomic E-state index is 0.0288. The average Bonchev–Trinajstić information content (AvgIpc) is 3.26. The lowest BCUT2D eigenvalue weighted by atomic mass is 9.96. The molecular weight excluding hydrogens is 426 g/mol. The second-order valence-corrected chi connectivity index (χ2v) is 9.84. The first-order valence-electron chi connectivity index (χ1n) is 10.6. The lowest BCUT2D eigenvalue weighted by molar-refractivity contribution is -0.134. The molecule has 0 aliphatic carbocycles. The SMILES string of the molecule is CSCCC(NC(=O)c1ccccc1)C(=O)N1CCC(c2nc3ccccc3s2)CC1. The predicted molar refractivity (Wildman–Crippen MR) is 129 cm³/mol. The monoisotopic (exact) mass is 453 g/mol. The first-order valence-corrected chi connectivity index (χ1v) is 12.9. The number of carbonyl (C=O) groups is 2. The summed E-state index contributed by atoms with van der Waals surface area (Å²) in [5, 5.41) is 4.14. The number of hydrogen-bond donors (Lipinski definition) is 1. The van der Waals surface area contributed by atoms with Crippen molar-refractivity contribution in [1.29, 1.82) is 0 Å². The molecule has 2 heterocycles. The van der Waals surface area contributed by atoms with Crippen LogP contribution in [0.15, 0.2) is 54.6 Å². The predicted octanol–water partition coefficient (Wildman–Crippen LogP) is 4.55. The van der Waals surface area contributed by atoms with Crippen molar-refractivity contribution in [3.05, 3.63) is 65.2 Å². The van der Waals surface area contributed by atoms with Gasteiger partial charge in [-0.05, 0) is 55.5 Å². The maximum atomic E-state index is 13.2. The molecule has 2 amide bonds. The van der Waals surface area contributed by atoms with Crippen LogP contribution in [0.2, 0.25) is 0 Å². The number of rotatable bonds is 7. The molecule has 0 radical (unpaired) electrons. The van der Waals surface area contributed by atoms with Gasteiger partial charge in [-0.25, -0.2) is 4.98 Å². The maximum Gasteiger partial charge on any atom is 0.251 e. The summed E-state index contributed by atoms with van der Waals surface area (Å²) >= 11 is 3.45. The second kappa shape index (κ2) is 10.3. The van der Waals surface area contributed by atoms with Crippen LogP contribution in [0.1, 0.15) is 40.5 Å². The molecule has 1 aliphatic rings. The van der Waals surface area contributed by atoms with Crippen molar-refractivity contribution in [1.82, 2.24) is 15.2 Å². The van der Waals surface area contributed by atoms with E-state index in [1.807, 2.05) is 41.5 Å². The Balaban J connectivity index is 1.39. The number of benzene rings is 2. The molecule has 1 aliphatic heterocycles. The molecule has 4 rings (SSSR count). The van der Waals surface area contributed by atoms with Crippen LogP contribution in [-0.4, -0.2) is 52.8 Å². The van der Waals surface area contributed by atoms with Gasteiger partial charge < -0.3 is 10.2 Å². The van der Waals surface area contributed by atoms with E-state index in [9.17, 15) is 9.59 Å². The number of nitrogens with one attached hydrogen (secondary N) is 1. The lowest BCUT2D eigenvalue weighted by Gasteiger charge is -2.33. The van der Waals surface area contributed by atoms with E-state index in [1.165, 1.54) is 9.71 Å². The zero-order valence-corrected chi connectivity index (χ0v) is 19.3. The maximum absolute atomic E-state index is 13.2. The first kappa shape index (κ1) is 21.8. The standard InChI is InChI=1S/C24H27N3O2S2/c1-30-16-13-20(25-22(28)17-7-3-2-4-8-17)24(29)27-14-11-18(12-15-27)23-26-19-9-5-6-10-21(19)31-23/h2-10,18,20H,11-16H2,1H3,(H,25,28). The fourth-order valence-corrected chi connectivity index (χ4v) is 5.56. The molecule has 5 nitrogen and oxygen atoms in total. The number of aromatic nitrogens is 1. The van der Waals surface area contributed by atoms with Crippen LogP contribution in [0.25, 0.3) is 10.2 Å². The van der Waals surface area contributed by atoms with Crippen LogP contribution in [-0.2, 0) is 4.79 Å². The topological polar surface area (TPSA) is 62.3 Å². The van der Waals surface area contributed by atoms with Crippen LogP contribution in [0, 0.1) is 0 Å². The summed E-state index contributed by atoms with van der Waals surface area (Å²) in [5.74, 6) is 1.06. The van der Waals surface area contributed by atoms with Crippen LogP contribution >= 0.6 is 23.1 Å². The molecule has 1 fully saturated rings. The summed E-state index contributed by atoms with van der Waals surface area (Å²) in [6.07, 6.45) is 4.47. The van der Waals surface area contributed by atoms with Gasteiger partial charge in [0.25, 0.3) is 5.91 Å². The second-order valence-electron chi connectivity index (χ2n) is 7.79. The summed E-state index contributed by atoms with van der Waals surface area (Å²) in [6.45, 7) is 1.41. The Labute approximate surface area is 191 Å². The summed E-state index contributed by atoms with van der Waals surface area (Å²) < 4.78 is 1.22. The van der Waals surface area contributed by atoms with E-state index in [2.05, 4.69) is 17.4 Å². The van der Waals surface area contributed by atoms with Gasteiger partial charge >= 0.3 is 0 Å². The summed E-state index contributed by atoms with van der Waals surface area (Å²) in [7, 11) is 0. The third-order valence-corrected chi connectivity index (χ3v) is 7.56. The molecule has 1 N–H and O–H groups in total. The number of amides is 2. The van der Waals surface area contributed by atoms with E-state index in [1.54, 1.807) is 35.2 Å². The molecule has 3 aromatic rings. The number of nitrogens with zero attached hydrogens (tertiary/aromatic N) is 2. The highest BCUT2D eigenvalue weighted by molar-refractivity contribution is 7.98. The van der Waals surface area contributed by atoms with Gasteiger partial charge in [-0.3, -0.25) is 9.59 Å². The van der Waals surface area contributed by atoms with Crippen molar-refractivity contribution in [3.63, 3.8) is 0 Å². The zero-order chi connectivity index (χ0) is 21.6. The highest BCUT2D eigenvalue weighted by Gasteiger charge is 2.30. The Morgan fingerprint density at radius 1 is 1.13 bits per heavy atom. The van der Waals surface area contributed by atoms with Crippen molar-refractivity contribution in [3.8, 4) is 0 Å². The van der Waals surface area contributed by atoms with Gasteiger partial charge in [0, 0.05) is 24.6 Å². The quantitative estimate of drug-likeness (QED) is 0.570. The van der Waals surface area contributed by atoms with Gasteiger partial charge in [-0.1, -0.05) is 30.3 Å². The average molecular weight is 454 g/mol. The van der Waals surface area contributed by atoms with E-state index in [4.69, 9.17) is 4.98 Å². The number of fused-ring (bicyclic) bond motifs is 1. The normalized spacial score (nSPS) is 15.7. The van der Waals surface area contributed by atoms with Crippen LogP contribution in [0.4, 0.5) is 0 Å². The number of thiazole rings is 1. The Morgan fingerprint density at radius 3 is 2.55 bits per heavy atom. The van der Waals surface area contributed by atoms with Gasteiger partial charge in [0.15, 0.2) is 0 Å². The molecule has 7 heteroatoms. The number of likely N-dealkylation sites (tertiary alicyclic amines) is 1. The highest BCUT2D eigenvalue weighted by atomic mass is 32.2. The number of thioether (sulfide) groups is 1. The molecule has 1 atom stereocenters. The van der Waals surface area contributed by atoms with Crippen LogP contribution in [0.3, 0.4) is 0 Å². The van der Waals surface area contributed by atoms with E-state index in [0.29, 0.717) is 31.0 Å². The Bertz CT molecular complexity index is 996. The minimum Gasteiger partial charge on any atom is -0.341 e. The van der Waals surface area contributed by atoms with Gasteiger partial charge in [0.05, 0.1) is 15.2 Å². The van der Waals surface area contributed by atoms with Crippen molar-refractivity contribution >= 4 is 45.1 Å². The number of carbonyl (C=O) groups excluding carboxylic acids is 2. The smallest absolute Gasteiger partial charge is 0.251 e. The fourth-order valence-electron chi connectivity index (χ4n) is 3.96. The largest absolute Gasteiger partial charge is 0.341 e.